The van der Waals surface area contributed by atoms with Gasteiger partial charge in [0.05, 0.1) is 39.9 Å². The van der Waals surface area contributed by atoms with E-state index >= 15 is 0 Å². The number of aliphatic hydroxyl groups is 1. The quantitative estimate of drug-likeness (QED) is 0.0272. The molecule has 1 amide bonds. The van der Waals surface area contributed by atoms with E-state index in [1.807, 2.05) is 27.2 Å². The topological polar surface area (TPSA) is 108 Å². The summed E-state index contributed by atoms with van der Waals surface area (Å²) in [7, 11) is 1.25. The lowest BCUT2D eigenvalue weighted by Crippen LogP contribution is -2.45. The van der Waals surface area contributed by atoms with Crippen molar-refractivity contribution in [3.05, 3.63) is 60.8 Å². The second kappa shape index (κ2) is 60.8. The van der Waals surface area contributed by atoms with E-state index in [9.17, 15) is 19.4 Å². The third-order valence-electron chi connectivity index (χ3n) is 15.4. The van der Waals surface area contributed by atoms with Crippen molar-refractivity contribution in [2.45, 2.75) is 341 Å². The van der Waals surface area contributed by atoms with E-state index < -0.39 is 26.6 Å². The number of carbonyl (C=O) groups excluding carboxylic acids is 1. The second-order valence-corrected chi connectivity index (χ2v) is 25.9. The first-order chi connectivity index (χ1) is 38.5. The summed E-state index contributed by atoms with van der Waals surface area (Å²) in [5, 5.41) is 13.9. The number of nitrogens with one attached hydrogen (secondary N) is 1. The fraction of sp³-hybridized carbons (Fsp3) is 0.843. The lowest BCUT2D eigenvalue weighted by Gasteiger charge is -2.29. The molecule has 0 saturated heterocycles. The van der Waals surface area contributed by atoms with Crippen LogP contribution in [0, 0.1) is 0 Å². The summed E-state index contributed by atoms with van der Waals surface area (Å²) in [6, 6.07) is -0.903. The molecule has 79 heavy (non-hydrogen) atoms. The van der Waals surface area contributed by atoms with Crippen LogP contribution in [0.25, 0.3) is 0 Å². The van der Waals surface area contributed by atoms with E-state index in [2.05, 4.69) is 67.8 Å². The van der Waals surface area contributed by atoms with Crippen LogP contribution in [-0.4, -0.2) is 68.5 Å². The molecule has 0 spiro atoms. The van der Waals surface area contributed by atoms with Gasteiger partial charge < -0.3 is 28.8 Å². The van der Waals surface area contributed by atoms with Gasteiger partial charge in [0.25, 0.3) is 7.82 Å². The molecule has 0 aromatic rings. The highest BCUT2D eigenvalue weighted by molar-refractivity contribution is 7.45. The minimum absolute atomic E-state index is 0.00554. The van der Waals surface area contributed by atoms with E-state index in [-0.39, 0.29) is 12.5 Å². The molecular weight excluding hydrogens is 996 g/mol. The van der Waals surface area contributed by atoms with Crippen molar-refractivity contribution in [2.24, 2.45) is 0 Å². The number of rotatable bonds is 63. The SMILES string of the molecule is CCCCCCC/C=C\C/C=C\C/C=C\CCCCCCCCCCCCCCCCCCCCCCCCCCCCC(=O)NC(COP(=O)([O-])OCC[N+](C)(C)C)C(O)/C=C/CC/C=C/CCCCCCCCCCCC. The number of carbonyl (C=O) groups is 1. The van der Waals surface area contributed by atoms with Crippen LogP contribution in [0.15, 0.2) is 60.8 Å². The molecule has 0 fully saturated rings. The maximum atomic E-state index is 13.0. The van der Waals surface area contributed by atoms with Crippen molar-refractivity contribution in [2.75, 3.05) is 40.9 Å². The largest absolute Gasteiger partial charge is 0.756 e. The average molecular weight is 1130 g/mol. The summed E-state index contributed by atoms with van der Waals surface area (Å²) in [5.41, 5.74) is 0. The number of unbranched alkanes of at least 4 members (excludes halogenated alkanes) is 42. The predicted molar refractivity (Wildman–Crippen MR) is 344 cm³/mol. The molecule has 0 aliphatic heterocycles. The summed E-state index contributed by atoms with van der Waals surface area (Å²) >= 11 is 0. The number of amides is 1. The fourth-order valence-corrected chi connectivity index (χ4v) is 10.8. The van der Waals surface area contributed by atoms with E-state index in [1.165, 1.54) is 257 Å². The maximum absolute atomic E-state index is 13.0. The number of allylic oxidation sites excluding steroid dienone is 9. The molecule has 0 rings (SSSR count). The number of aliphatic hydroxyl groups excluding tert-OH is 1. The zero-order chi connectivity index (χ0) is 57.7. The van der Waals surface area contributed by atoms with Crippen LogP contribution in [0.5, 0.6) is 0 Å². The highest BCUT2D eigenvalue weighted by Gasteiger charge is 2.23. The number of hydrogen-bond acceptors (Lipinski definition) is 6. The Kier molecular flexibility index (Phi) is 59.4. The van der Waals surface area contributed by atoms with Gasteiger partial charge in [0.15, 0.2) is 0 Å². The van der Waals surface area contributed by atoms with Crippen molar-refractivity contribution in [3.63, 3.8) is 0 Å². The van der Waals surface area contributed by atoms with Crippen molar-refractivity contribution in [1.29, 1.82) is 0 Å². The molecule has 2 N–H and O–H groups in total. The molecule has 9 heteroatoms. The molecule has 0 aliphatic rings. The van der Waals surface area contributed by atoms with Crippen LogP contribution in [0.2, 0.25) is 0 Å². The smallest absolute Gasteiger partial charge is 0.268 e. The van der Waals surface area contributed by atoms with E-state index in [0.29, 0.717) is 17.4 Å². The summed E-state index contributed by atoms with van der Waals surface area (Å²) in [6.45, 7) is 4.64. The number of nitrogens with zero attached hydrogens (tertiary/aromatic N) is 1. The van der Waals surface area contributed by atoms with Gasteiger partial charge in [0, 0.05) is 6.42 Å². The average Bonchev–Trinajstić information content (AvgIpc) is 3.42. The van der Waals surface area contributed by atoms with Gasteiger partial charge in [-0.05, 0) is 70.6 Å². The first-order valence-electron chi connectivity index (χ1n) is 34.2. The molecular formula is C70H133N2O6P. The predicted octanol–water partition coefficient (Wildman–Crippen LogP) is 21.0. The lowest BCUT2D eigenvalue weighted by molar-refractivity contribution is -0.870. The summed E-state index contributed by atoms with van der Waals surface area (Å²) in [4.78, 5) is 25.5. The van der Waals surface area contributed by atoms with Crippen LogP contribution in [0.4, 0.5) is 0 Å². The van der Waals surface area contributed by atoms with Gasteiger partial charge in [-0.2, -0.15) is 0 Å². The minimum Gasteiger partial charge on any atom is -0.756 e. The van der Waals surface area contributed by atoms with Crippen LogP contribution in [0.3, 0.4) is 0 Å². The van der Waals surface area contributed by atoms with Crippen molar-refractivity contribution >= 4 is 13.7 Å². The van der Waals surface area contributed by atoms with Gasteiger partial charge in [0.2, 0.25) is 5.91 Å². The minimum atomic E-state index is -4.61. The Labute approximate surface area is 492 Å². The Morgan fingerprint density at radius 2 is 0.747 bits per heavy atom. The highest BCUT2D eigenvalue weighted by atomic mass is 31.2. The standard InChI is InChI=1S/C70H133N2O6P/c1-6-8-10-12-14-16-18-20-22-24-25-26-27-28-29-30-31-32-33-34-35-36-37-38-39-40-41-42-43-44-45-46-47-48-50-52-54-56-58-60-62-64-70(74)71-68(67-78-79(75,76)77-66-65-72(3,4)5)69(73)63-61-59-57-55-53-51-49-23-21-19-17-15-13-11-9-7-2/h18,20,24-25,27-28,53,55,61,63,68-69,73H,6-17,19,21-23,26,29-52,54,56-60,62,64-67H2,1-5H3,(H-,71,74,75,76)/b20-18-,25-24-,28-27-,55-53+,63-61+. The molecule has 8 nitrogen and oxygen atoms in total. The number of hydrogen-bond donors (Lipinski definition) is 2. The zero-order valence-electron chi connectivity index (χ0n) is 53.1. The van der Waals surface area contributed by atoms with Gasteiger partial charge >= 0.3 is 0 Å². The maximum Gasteiger partial charge on any atom is 0.268 e. The van der Waals surface area contributed by atoms with E-state index in [4.69, 9.17) is 9.05 Å². The number of phosphoric acid groups is 1. The normalized spacial score (nSPS) is 14.1. The zero-order valence-corrected chi connectivity index (χ0v) is 54.0. The molecule has 0 aromatic heterocycles. The molecule has 0 bridgehead atoms. The van der Waals surface area contributed by atoms with Gasteiger partial charge in [-0.15, -0.1) is 0 Å². The van der Waals surface area contributed by atoms with Crippen LogP contribution < -0.4 is 10.2 Å². The lowest BCUT2D eigenvalue weighted by atomic mass is 10.0. The molecule has 3 atom stereocenters. The molecule has 0 aromatic carbocycles. The highest BCUT2D eigenvalue weighted by Crippen LogP contribution is 2.38. The van der Waals surface area contributed by atoms with Crippen LogP contribution >= 0.6 is 7.82 Å². The molecule has 0 saturated carbocycles. The molecule has 0 heterocycles. The first kappa shape index (κ1) is 77.2. The number of likely N-dealkylation sites (N-methyl/N-ethyl adjacent to an activating group) is 1. The molecule has 0 aliphatic carbocycles. The molecule has 0 radical (unpaired) electrons. The van der Waals surface area contributed by atoms with Crippen LogP contribution in [-0.2, 0) is 18.4 Å². The summed E-state index contributed by atoms with van der Waals surface area (Å²) < 4.78 is 23.4. The third kappa shape index (κ3) is 63.6. The number of phosphoric ester groups is 1. The third-order valence-corrected chi connectivity index (χ3v) is 16.4. The Hall–Kier alpha value is -1.80. The molecule has 464 valence electrons. The fourth-order valence-electron chi connectivity index (χ4n) is 10.1. The first-order valence-corrected chi connectivity index (χ1v) is 35.6. The van der Waals surface area contributed by atoms with E-state index in [0.717, 1.165) is 51.4 Å². The van der Waals surface area contributed by atoms with Crippen molar-refractivity contribution in [3.8, 4) is 0 Å². The van der Waals surface area contributed by atoms with Crippen molar-refractivity contribution in [1.82, 2.24) is 5.32 Å². The Balaban J connectivity index is 3.90. The van der Waals surface area contributed by atoms with Gasteiger partial charge in [-0.3, -0.25) is 9.36 Å². The Morgan fingerprint density at radius 3 is 1.11 bits per heavy atom. The van der Waals surface area contributed by atoms with Gasteiger partial charge in [-0.25, -0.2) is 0 Å². The van der Waals surface area contributed by atoms with Crippen LogP contribution in [0.1, 0.15) is 328 Å². The number of quaternary nitrogens is 1. The van der Waals surface area contributed by atoms with E-state index in [1.54, 1.807) is 6.08 Å². The van der Waals surface area contributed by atoms with Gasteiger partial charge in [0.1, 0.15) is 13.2 Å². The summed E-state index contributed by atoms with van der Waals surface area (Å²) in [6.07, 6.45) is 83.6. The van der Waals surface area contributed by atoms with Gasteiger partial charge in [-0.1, -0.05) is 312 Å². The molecule has 3 unspecified atom stereocenters. The monoisotopic (exact) mass is 1130 g/mol. The summed E-state index contributed by atoms with van der Waals surface area (Å²) in [5.74, 6) is -0.202. The van der Waals surface area contributed by atoms with Crippen molar-refractivity contribution < 1.29 is 32.9 Å². The second-order valence-electron chi connectivity index (χ2n) is 24.5. The Bertz CT molecular complexity index is 1470. The Morgan fingerprint density at radius 1 is 0.443 bits per heavy atom.